The average Bonchev–Trinajstić information content (AvgIpc) is 3.18. The minimum Gasteiger partial charge on any atom is -0.396 e. The van der Waals surface area contributed by atoms with Gasteiger partial charge < -0.3 is 5.11 Å². The topological polar surface area (TPSA) is 20.2 Å². The van der Waals surface area contributed by atoms with Gasteiger partial charge in [-0.2, -0.15) is 0 Å². The molecule has 1 fully saturated rings. The number of rotatable bonds is 4. The second-order valence-electron chi connectivity index (χ2n) is 5.69. The van der Waals surface area contributed by atoms with Crippen LogP contribution in [0.15, 0.2) is 42.5 Å². The van der Waals surface area contributed by atoms with Gasteiger partial charge in [0.1, 0.15) is 11.6 Å². The molecule has 2 aromatic carbocycles. The minimum absolute atomic E-state index is 0.0335. The maximum Gasteiger partial charge on any atom is 0.126 e. The van der Waals surface area contributed by atoms with Gasteiger partial charge in [0.05, 0.1) is 0 Å². The summed E-state index contributed by atoms with van der Waals surface area (Å²) in [6.45, 7) is 0.200. The summed E-state index contributed by atoms with van der Waals surface area (Å²) in [6.07, 6.45) is 2.90. The molecule has 1 nitrogen and oxygen atoms in total. The van der Waals surface area contributed by atoms with Crippen molar-refractivity contribution in [1.82, 2.24) is 0 Å². The highest BCUT2D eigenvalue weighted by Crippen LogP contribution is 2.48. The molecule has 1 aliphatic rings. The fraction of sp³-hybridized carbons (Fsp3) is 0.294. The van der Waals surface area contributed by atoms with Crippen LogP contribution in [0.2, 0.25) is 0 Å². The Morgan fingerprint density at radius 2 is 1.65 bits per heavy atom. The molecular weight excluding hydrogens is 258 g/mol. The summed E-state index contributed by atoms with van der Waals surface area (Å²) in [4.78, 5) is 0. The molecular formula is C17H16F2O. The standard InChI is InChI=1S/C17H16F2O/c18-15-7-14(8-16(19)9-15)13-3-1-2-12(6-13)10-17(11-20)4-5-17/h1-3,6-9,20H,4-5,10-11H2. The SMILES string of the molecule is OCC1(Cc2cccc(-c3cc(F)cc(F)c3)c2)CC1. The normalized spacial score (nSPS) is 16.1. The van der Waals surface area contributed by atoms with Gasteiger partial charge >= 0.3 is 0 Å². The third-order valence-electron chi connectivity index (χ3n) is 3.99. The molecule has 2 aromatic rings. The Morgan fingerprint density at radius 1 is 0.950 bits per heavy atom. The van der Waals surface area contributed by atoms with Crippen LogP contribution in [0.1, 0.15) is 18.4 Å². The number of aliphatic hydroxyl groups excluding tert-OH is 1. The van der Waals surface area contributed by atoms with E-state index < -0.39 is 11.6 Å². The van der Waals surface area contributed by atoms with E-state index in [0.29, 0.717) is 5.56 Å². The zero-order valence-corrected chi connectivity index (χ0v) is 11.1. The van der Waals surface area contributed by atoms with Gasteiger partial charge in [-0.1, -0.05) is 24.3 Å². The molecule has 0 aliphatic heterocycles. The summed E-state index contributed by atoms with van der Waals surface area (Å²) >= 11 is 0. The zero-order chi connectivity index (χ0) is 14.2. The minimum atomic E-state index is -0.570. The molecule has 1 N–H and O–H groups in total. The molecule has 0 radical (unpaired) electrons. The van der Waals surface area contributed by atoms with Crippen LogP contribution in [0.4, 0.5) is 8.78 Å². The fourth-order valence-corrected chi connectivity index (χ4v) is 2.58. The third kappa shape index (κ3) is 2.73. The average molecular weight is 274 g/mol. The zero-order valence-electron chi connectivity index (χ0n) is 11.1. The molecule has 0 saturated heterocycles. The summed E-state index contributed by atoms with van der Waals surface area (Å²) in [5.74, 6) is -1.14. The Morgan fingerprint density at radius 3 is 2.25 bits per heavy atom. The van der Waals surface area contributed by atoms with Crippen LogP contribution < -0.4 is 0 Å². The summed E-state index contributed by atoms with van der Waals surface area (Å²) in [6, 6.07) is 11.2. The highest BCUT2D eigenvalue weighted by Gasteiger charge is 2.41. The van der Waals surface area contributed by atoms with Crippen molar-refractivity contribution in [2.75, 3.05) is 6.61 Å². The van der Waals surface area contributed by atoms with Gasteiger partial charge in [-0.25, -0.2) is 8.78 Å². The van der Waals surface area contributed by atoms with E-state index in [4.69, 9.17) is 0 Å². The Bertz CT molecular complexity index is 612. The molecule has 0 aromatic heterocycles. The van der Waals surface area contributed by atoms with Crippen LogP contribution in [0, 0.1) is 17.0 Å². The van der Waals surface area contributed by atoms with Crippen LogP contribution in [0.3, 0.4) is 0 Å². The first-order chi connectivity index (χ1) is 9.60. The van der Waals surface area contributed by atoms with Gasteiger partial charge in [0.25, 0.3) is 0 Å². The largest absolute Gasteiger partial charge is 0.396 e. The summed E-state index contributed by atoms with van der Waals surface area (Å²) in [7, 11) is 0. The van der Waals surface area contributed by atoms with Crippen molar-refractivity contribution in [2.24, 2.45) is 5.41 Å². The second-order valence-corrected chi connectivity index (χ2v) is 5.69. The van der Waals surface area contributed by atoms with E-state index in [-0.39, 0.29) is 12.0 Å². The highest BCUT2D eigenvalue weighted by atomic mass is 19.1. The molecule has 3 rings (SSSR count). The first-order valence-electron chi connectivity index (χ1n) is 6.77. The molecule has 0 amide bonds. The van der Waals surface area contributed by atoms with Crippen molar-refractivity contribution >= 4 is 0 Å². The molecule has 20 heavy (non-hydrogen) atoms. The van der Waals surface area contributed by atoms with Crippen molar-refractivity contribution < 1.29 is 13.9 Å². The van der Waals surface area contributed by atoms with Crippen LogP contribution in [0.25, 0.3) is 11.1 Å². The molecule has 1 saturated carbocycles. The maximum atomic E-state index is 13.3. The van der Waals surface area contributed by atoms with Crippen molar-refractivity contribution in [1.29, 1.82) is 0 Å². The van der Waals surface area contributed by atoms with E-state index in [1.165, 1.54) is 12.1 Å². The summed E-state index contributed by atoms with van der Waals surface area (Å²) < 4.78 is 26.6. The first-order valence-corrected chi connectivity index (χ1v) is 6.77. The van der Waals surface area contributed by atoms with Crippen molar-refractivity contribution in [2.45, 2.75) is 19.3 Å². The van der Waals surface area contributed by atoms with Crippen LogP contribution in [0.5, 0.6) is 0 Å². The van der Waals surface area contributed by atoms with E-state index in [1.807, 2.05) is 24.3 Å². The maximum absolute atomic E-state index is 13.3. The molecule has 1 aliphatic carbocycles. The van der Waals surface area contributed by atoms with Gasteiger partial charge in [-0.15, -0.1) is 0 Å². The Balaban J connectivity index is 1.90. The Labute approximate surface area is 116 Å². The third-order valence-corrected chi connectivity index (χ3v) is 3.99. The van der Waals surface area contributed by atoms with Crippen LogP contribution in [-0.2, 0) is 6.42 Å². The Hall–Kier alpha value is -1.74. The molecule has 0 heterocycles. The van der Waals surface area contributed by atoms with Crippen LogP contribution >= 0.6 is 0 Å². The monoisotopic (exact) mass is 274 g/mol. The highest BCUT2D eigenvalue weighted by molar-refractivity contribution is 5.64. The van der Waals surface area contributed by atoms with E-state index >= 15 is 0 Å². The molecule has 104 valence electrons. The lowest BCUT2D eigenvalue weighted by atomic mass is 9.94. The molecule has 0 atom stereocenters. The predicted octanol–water partition coefficient (Wildman–Crippen LogP) is 3.95. The summed E-state index contributed by atoms with van der Waals surface area (Å²) in [5, 5.41) is 9.38. The van der Waals surface area contributed by atoms with E-state index in [9.17, 15) is 13.9 Å². The predicted molar refractivity (Wildman–Crippen MR) is 74.3 cm³/mol. The number of halogens is 2. The van der Waals surface area contributed by atoms with Crippen LogP contribution in [-0.4, -0.2) is 11.7 Å². The van der Waals surface area contributed by atoms with Gasteiger partial charge in [0.2, 0.25) is 0 Å². The van der Waals surface area contributed by atoms with Gasteiger partial charge in [-0.05, 0) is 53.5 Å². The molecule has 0 unspecified atom stereocenters. The van der Waals surface area contributed by atoms with E-state index in [2.05, 4.69) is 0 Å². The number of hydrogen-bond acceptors (Lipinski definition) is 1. The molecule has 3 heteroatoms. The number of benzene rings is 2. The summed E-state index contributed by atoms with van der Waals surface area (Å²) in [5.41, 5.74) is 2.47. The molecule has 0 bridgehead atoms. The van der Waals surface area contributed by atoms with E-state index in [1.54, 1.807) is 0 Å². The van der Waals surface area contributed by atoms with E-state index in [0.717, 1.165) is 36.5 Å². The van der Waals surface area contributed by atoms with Gasteiger partial charge in [-0.3, -0.25) is 0 Å². The number of hydrogen-bond donors (Lipinski definition) is 1. The van der Waals surface area contributed by atoms with Gasteiger partial charge in [0.15, 0.2) is 0 Å². The molecule has 0 spiro atoms. The Kier molecular flexibility index (Phi) is 3.30. The van der Waals surface area contributed by atoms with Crippen molar-refractivity contribution in [3.8, 4) is 11.1 Å². The lowest BCUT2D eigenvalue weighted by Crippen LogP contribution is -2.09. The number of aliphatic hydroxyl groups is 1. The second kappa shape index (κ2) is 4.98. The lowest BCUT2D eigenvalue weighted by Gasteiger charge is -2.12. The first kappa shape index (κ1) is 13.3. The quantitative estimate of drug-likeness (QED) is 0.895. The van der Waals surface area contributed by atoms with Crippen molar-refractivity contribution in [3.05, 3.63) is 59.7 Å². The van der Waals surface area contributed by atoms with Gasteiger partial charge in [0, 0.05) is 12.7 Å². The smallest absolute Gasteiger partial charge is 0.126 e. The lowest BCUT2D eigenvalue weighted by molar-refractivity contribution is 0.211. The van der Waals surface area contributed by atoms with Crippen molar-refractivity contribution in [3.63, 3.8) is 0 Å². The fourth-order valence-electron chi connectivity index (χ4n) is 2.58.